The Bertz CT molecular complexity index is 785. The summed E-state index contributed by atoms with van der Waals surface area (Å²) in [6, 6.07) is 3.11. The second kappa shape index (κ2) is 6.68. The number of halogens is 3. The summed E-state index contributed by atoms with van der Waals surface area (Å²) in [7, 11) is 1.49. The number of thiophene rings is 1. The highest BCUT2D eigenvalue weighted by Gasteiger charge is 2.36. The summed E-state index contributed by atoms with van der Waals surface area (Å²) in [5.74, 6) is -2.00. The van der Waals surface area contributed by atoms with Gasteiger partial charge in [0.2, 0.25) is 0 Å². The minimum Gasteiger partial charge on any atom is -0.497 e. The molecule has 1 aromatic carbocycles. The topological polar surface area (TPSA) is 75.6 Å². The number of aliphatic carboxylic acids is 1. The zero-order valence-corrected chi connectivity index (χ0v) is 13.5. The van der Waals surface area contributed by atoms with Gasteiger partial charge in [-0.3, -0.25) is 4.79 Å². The van der Waals surface area contributed by atoms with E-state index in [0.717, 1.165) is 21.4 Å². The summed E-state index contributed by atoms with van der Waals surface area (Å²) in [5, 5.41) is 11.6. The second-order valence-corrected chi connectivity index (χ2v) is 6.15. The maximum absolute atomic E-state index is 12.4. The predicted molar refractivity (Wildman–Crippen MR) is 82.7 cm³/mol. The van der Waals surface area contributed by atoms with Gasteiger partial charge in [-0.2, -0.15) is 13.2 Å². The van der Waals surface area contributed by atoms with Crippen LogP contribution < -0.4 is 10.1 Å². The first-order valence-electron chi connectivity index (χ1n) is 6.80. The highest BCUT2D eigenvalue weighted by atomic mass is 32.1. The molecule has 0 fully saturated rings. The Hall–Kier alpha value is -2.29. The number of amides is 1. The summed E-state index contributed by atoms with van der Waals surface area (Å²) in [5.41, 5.74) is 0.558. The first kappa shape index (κ1) is 18.1. The van der Waals surface area contributed by atoms with Crippen molar-refractivity contribution in [3.63, 3.8) is 0 Å². The maximum Gasteiger partial charge on any atom is 0.391 e. The van der Waals surface area contributed by atoms with E-state index in [1.54, 1.807) is 25.1 Å². The lowest BCUT2D eigenvalue weighted by Gasteiger charge is -2.16. The van der Waals surface area contributed by atoms with Gasteiger partial charge in [0, 0.05) is 4.70 Å². The van der Waals surface area contributed by atoms with Gasteiger partial charge in [-0.25, -0.2) is 4.79 Å². The van der Waals surface area contributed by atoms with E-state index in [0.29, 0.717) is 11.3 Å². The molecule has 1 amide bonds. The van der Waals surface area contributed by atoms with Gasteiger partial charge in [-0.05, 0) is 36.1 Å². The van der Waals surface area contributed by atoms with Crippen LogP contribution in [-0.4, -0.2) is 36.3 Å². The van der Waals surface area contributed by atoms with Crippen molar-refractivity contribution in [2.45, 2.75) is 25.6 Å². The molecular weight excluding hydrogens is 347 g/mol. The number of carbonyl (C=O) groups is 2. The molecule has 0 saturated heterocycles. The molecule has 9 heteroatoms. The standard InChI is InChI=1S/C15H14F3NO4S/c1-7-9-5-8(23-2)3-4-11(9)24-12(7)13(20)19-10(14(21)22)6-15(16,17)18/h3-5,10H,6H2,1-2H3,(H,19,20)(H,21,22). The molecule has 0 radical (unpaired) electrons. The van der Waals surface area contributed by atoms with Gasteiger partial charge in [0.05, 0.1) is 18.4 Å². The predicted octanol–water partition coefficient (Wildman–Crippen LogP) is 3.35. The fraction of sp³-hybridized carbons (Fsp3) is 0.333. The number of aryl methyl sites for hydroxylation is 1. The van der Waals surface area contributed by atoms with Crippen LogP contribution >= 0.6 is 11.3 Å². The number of carbonyl (C=O) groups excluding carboxylic acids is 1. The summed E-state index contributed by atoms with van der Waals surface area (Å²) >= 11 is 1.08. The highest BCUT2D eigenvalue weighted by Crippen LogP contribution is 2.33. The maximum atomic E-state index is 12.4. The van der Waals surface area contributed by atoms with Crippen molar-refractivity contribution in [2.75, 3.05) is 7.11 Å². The van der Waals surface area contributed by atoms with Crippen LogP contribution in [0.5, 0.6) is 5.75 Å². The number of alkyl halides is 3. The molecule has 2 rings (SSSR count). The van der Waals surface area contributed by atoms with E-state index in [-0.39, 0.29) is 4.88 Å². The molecule has 1 atom stereocenters. The number of fused-ring (bicyclic) bond motifs is 1. The molecule has 24 heavy (non-hydrogen) atoms. The fourth-order valence-corrected chi connectivity index (χ4v) is 3.29. The molecule has 5 nitrogen and oxygen atoms in total. The normalized spacial score (nSPS) is 12.9. The molecule has 0 aliphatic carbocycles. The summed E-state index contributed by atoms with van der Waals surface area (Å²) < 4.78 is 43.1. The fourth-order valence-electron chi connectivity index (χ4n) is 2.20. The van der Waals surface area contributed by atoms with Crippen LogP contribution in [0.2, 0.25) is 0 Å². The van der Waals surface area contributed by atoms with Crippen LogP contribution in [0.1, 0.15) is 21.7 Å². The number of carboxylic acids is 1. The molecule has 1 aromatic heterocycles. The molecule has 0 aliphatic rings. The Morgan fingerprint density at radius 3 is 2.58 bits per heavy atom. The average molecular weight is 361 g/mol. The number of hydrogen-bond donors (Lipinski definition) is 2. The molecular formula is C15H14F3NO4S. The van der Waals surface area contributed by atoms with Crippen molar-refractivity contribution in [1.82, 2.24) is 5.32 Å². The van der Waals surface area contributed by atoms with Crippen molar-refractivity contribution in [3.05, 3.63) is 28.6 Å². The van der Waals surface area contributed by atoms with Crippen LogP contribution in [0.25, 0.3) is 10.1 Å². The van der Waals surface area contributed by atoms with E-state index in [2.05, 4.69) is 0 Å². The van der Waals surface area contributed by atoms with E-state index in [4.69, 9.17) is 9.84 Å². The van der Waals surface area contributed by atoms with Gasteiger partial charge in [0.15, 0.2) is 0 Å². The van der Waals surface area contributed by atoms with Crippen LogP contribution in [0.15, 0.2) is 18.2 Å². The van der Waals surface area contributed by atoms with Gasteiger partial charge >= 0.3 is 12.1 Å². The van der Waals surface area contributed by atoms with E-state index < -0.39 is 30.5 Å². The smallest absolute Gasteiger partial charge is 0.391 e. The van der Waals surface area contributed by atoms with Gasteiger partial charge in [0.1, 0.15) is 11.8 Å². The largest absolute Gasteiger partial charge is 0.497 e. The van der Waals surface area contributed by atoms with E-state index in [1.807, 2.05) is 5.32 Å². The molecule has 1 unspecified atom stereocenters. The Labute approximate surface area is 139 Å². The number of carboxylic acid groups (broad SMARTS) is 1. The van der Waals surface area contributed by atoms with Crippen molar-refractivity contribution in [3.8, 4) is 5.75 Å². The third-order valence-electron chi connectivity index (χ3n) is 3.39. The zero-order valence-electron chi connectivity index (χ0n) is 12.7. The summed E-state index contributed by atoms with van der Waals surface area (Å²) in [4.78, 5) is 23.4. The second-order valence-electron chi connectivity index (χ2n) is 5.10. The van der Waals surface area contributed by atoms with Crippen molar-refractivity contribution >= 4 is 33.3 Å². The lowest BCUT2D eigenvalue weighted by Crippen LogP contribution is -2.43. The number of rotatable bonds is 5. The van der Waals surface area contributed by atoms with E-state index >= 15 is 0 Å². The first-order valence-corrected chi connectivity index (χ1v) is 7.61. The van der Waals surface area contributed by atoms with Crippen molar-refractivity contribution in [1.29, 1.82) is 0 Å². The number of benzene rings is 1. The van der Waals surface area contributed by atoms with Gasteiger partial charge in [-0.15, -0.1) is 11.3 Å². The highest BCUT2D eigenvalue weighted by molar-refractivity contribution is 7.21. The quantitative estimate of drug-likeness (QED) is 0.856. The summed E-state index contributed by atoms with van der Waals surface area (Å²) in [6.45, 7) is 1.65. The Morgan fingerprint density at radius 2 is 2.04 bits per heavy atom. The minimum absolute atomic E-state index is 0.173. The molecule has 2 N–H and O–H groups in total. The van der Waals surface area contributed by atoms with Gasteiger partial charge in [0.25, 0.3) is 5.91 Å². The third kappa shape index (κ3) is 3.97. The van der Waals surface area contributed by atoms with E-state index in [1.165, 1.54) is 7.11 Å². The molecule has 130 valence electrons. The molecule has 1 heterocycles. The molecule has 0 saturated carbocycles. The number of nitrogens with one attached hydrogen (secondary N) is 1. The van der Waals surface area contributed by atoms with Crippen LogP contribution in [0, 0.1) is 6.92 Å². The molecule has 0 spiro atoms. The van der Waals surface area contributed by atoms with E-state index in [9.17, 15) is 22.8 Å². The van der Waals surface area contributed by atoms with Crippen LogP contribution in [0.4, 0.5) is 13.2 Å². The monoisotopic (exact) mass is 361 g/mol. The lowest BCUT2D eigenvalue weighted by atomic mass is 10.1. The van der Waals surface area contributed by atoms with Crippen molar-refractivity contribution in [2.24, 2.45) is 0 Å². The molecule has 0 aliphatic heterocycles. The average Bonchev–Trinajstić information content (AvgIpc) is 2.81. The van der Waals surface area contributed by atoms with Crippen LogP contribution in [-0.2, 0) is 4.79 Å². The third-order valence-corrected chi connectivity index (χ3v) is 4.66. The molecule has 0 bridgehead atoms. The van der Waals surface area contributed by atoms with Gasteiger partial charge in [-0.1, -0.05) is 0 Å². The first-order chi connectivity index (χ1) is 11.1. The lowest BCUT2D eigenvalue weighted by molar-refractivity contribution is -0.157. The Morgan fingerprint density at radius 1 is 1.38 bits per heavy atom. The summed E-state index contributed by atoms with van der Waals surface area (Å²) in [6.07, 6.45) is -6.33. The number of methoxy groups -OCH3 is 1. The Balaban J connectivity index is 2.30. The van der Waals surface area contributed by atoms with Crippen molar-refractivity contribution < 1.29 is 32.6 Å². The number of hydrogen-bond acceptors (Lipinski definition) is 4. The minimum atomic E-state index is -4.70. The van der Waals surface area contributed by atoms with Crippen LogP contribution in [0.3, 0.4) is 0 Å². The van der Waals surface area contributed by atoms with Gasteiger partial charge < -0.3 is 15.2 Å². The zero-order chi connectivity index (χ0) is 18.1. The number of ether oxygens (including phenoxy) is 1. The molecule has 2 aromatic rings. The Kier molecular flexibility index (Phi) is 5.02. The SMILES string of the molecule is COc1ccc2sc(C(=O)NC(CC(F)(F)F)C(=O)O)c(C)c2c1.